The normalized spacial score (nSPS) is 22.9. The standard InChI is InChI=1S/C14H16F3NO2/c1-8-10(14(15,16)17)5-3-6-11(8)18-13(20)9-4-2-7-12(9)19/h3,5-6,9,12,19H,2,4,7H2,1H3,(H,18,20). The molecule has 1 fully saturated rings. The van der Waals surface area contributed by atoms with E-state index >= 15 is 0 Å². The summed E-state index contributed by atoms with van der Waals surface area (Å²) in [7, 11) is 0. The van der Waals surface area contributed by atoms with Gasteiger partial charge in [0.15, 0.2) is 0 Å². The molecule has 0 spiro atoms. The molecule has 0 aliphatic heterocycles. The highest BCUT2D eigenvalue weighted by molar-refractivity contribution is 5.94. The van der Waals surface area contributed by atoms with E-state index in [1.54, 1.807) is 0 Å². The van der Waals surface area contributed by atoms with Crippen molar-refractivity contribution in [3.8, 4) is 0 Å². The van der Waals surface area contributed by atoms with Gasteiger partial charge in [-0.2, -0.15) is 13.2 Å². The molecule has 1 amide bonds. The molecular weight excluding hydrogens is 271 g/mol. The molecule has 1 aliphatic rings. The van der Waals surface area contributed by atoms with Crippen LogP contribution < -0.4 is 5.32 Å². The van der Waals surface area contributed by atoms with Gasteiger partial charge < -0.3 is 10.4 Å². The number of rotatable bonds is 2. The van der Waals surface area contributed by atoms with E-state index in [2.05, 4.69) is 5.32 Å². The second-order valence-corrected chi connectivity index (χ2v) is 5.07. The molecule has 1 aromatic rings. The number of aliphatic hydroxyl groups excluding tert-OH is 1. The highest BCUT2D eigenvalue weighted by Crippen LogP contribution is 2.35. The molecule has 2 atom stereocenters. The second kappa shape index (κ2) is 5.44. The van der Waals surface area contributed by atoms with Gasteiger partial charge in [0.25, 0.3) is 0 Å². The first kappa shape index (κ1) is 14.8. The molecule has 2 unspecified atom stereocenters. The predicted octanol–water partition coefficient (Wildman–Crippen LogP) is 3.11. The molecule has 2 N–H and O–H groups in total. The zero-order chi connectivity index (χ0) is 14.9. The van der Waals surface area contributed by atoms with Crippen molar-refractivity contribution in [2.75, 3.05) is 5.32 Å². The summed E-state index contributed by atoms with van der Waals surface area (Å²) in [6, 6.07) is 3.68. The smallest absolute Gasteiger partial charge is 0.392 e. The van der Waals surface area contributed by atoms with Crippen molar-refractivity contribution in [3.05, 3.63) is 29.3 Å². The minimum Gasteiger partial charge on any atom is -0.392 e. The lowest BCUT2D eigenvalue weighted by atomic mass is 10.0. The Morgan fingerprint density at radius 3 is 2.60 bits per heavy atom. The van der Waals surface area contributed by atoms with E-state index in [9.17, 15) is 23.1 Å². The lowest BCUT2D eigenvalue weighted by molar-refractivity contribution is -0.138. The van der Waals surface area contributed by atoms with Crippen molar-refractivity contribution in [3.63, 3.8) is 0 Å². The van der Waals surface area contributed by atoms with Crippen molar-refractivity contribution in [2.24, 2.45) is 5.92 Å². The summed E-state index contributed by atoms with van der Waals surface area (Å²) >= 11 is 0. The van der Waals surface area contributed by atoms with Gasteiger partial charge in [0.2, 0.25) is 5.91 Å². The van der Waals surface area contributed by atoms with Crippen LogP contribution in [0, 0.1) is 12.8 Å². The molecule has 2 rings (SSSR count). The zero-order valence-corrected chi connectivity index (χ0v) is 11.0. The maximum absolute atomic E-state index is 12.8. The monoisotopic (exact) mass is 287 g/mol. The SMILES string of the molecule is Cc1c(NC(=O)C2CCCC2O)cccc1C(F)(F)F. The molecule has 1 saturated carbocycles. The summed E-state index contributed by atoms with van der Waals surface area (Å²) in [5, 5.41) is 12.1. The Morgan fingerprint density at radius 1 is 1.35 bits per heavy atom. The number of carbonyl (C=O) groups excluding carboxylic acids is 1. The molecule has 1 aliphatic carbocycles. The molecular formula is C14H16F3NO2. The summed E-state index contributed by atoms with van der Waals surface area (Å²) in [5.41, 5.74) is -0.632. The van der Waals surface area contributed by atoms with E-state index in [1.807, 2.05) is 0 Å². The average molecular weight is 287 g/mol. The van der Waals surface area contributed by atoms with Crippen LogP contribution >= 0.6 is 0 Å². The highest BCUT2D eigenvalue weighted by Gasteiger charge is 2.34. The number of halogens is 3. The van der Waals surface area contributed by atoms with Gasteiger partial charge >= 0.3 is 6.18 Å². The Hall–Kier alpha value is -1.56. The van der Waals surface area contributed by atoms with Crippen molar-refractivity contribution in [1.29, 1.82) is 0 Å². The topological polar surface area (TPSA) is 49.3 Å². The third-order valence-electron chi connectivity index (χ3n) is 3.71. The number of alkyl halides is 3. The van der Waals surface area contributed by atoms with Crippen LogP contribution in [0.1, 0.15) is 30.4 Å². The van der Waals surface area contributed by atoms with Gasteiger partial charge in [-0.1, -0.05) is 6.07 Å². The Balaban J connectivity index is 2.20. The maximum Gasteiger partial charge on any atom is 0.416 e. The minimum atomic E-state index is -4.45. The number of benzene rings is 1. The molecule has 1 aromatic carbocycles. The van der Waals surface area contributed by atoms with Crippen LogP contribution in [0.5, 0.6) is 0 Å². The zero-order valence-electron chi connectivity index (χ0n) is 11.0. The first-order chi connectivity index (χ1) is 9.30. The van der Waals surface area contributed by atoms with Gasteiger partial charge in [0.05, 0.1) is 17.6 Å². The lowest BCUT2D eigenvalue weighted by Gasteiger charge is -2.18. The first-order valence-corrected chi connectivity index (χ1v) is 6.46. The maximum atomic E-state index is 12.8. The van der Waals surface area contributed by atoms with Crippen LogP contribution in [0.15, 0.2) is 18.2 Å². The summed E-state index contributed by atoms with van der Waals surface area (Å²) < 4.78 is 38.3. The quantitative estimate of drug-likeness (QED) is 0.878. The van der Waals surface area contributed by atoms with E-state index in [4.69, 9.17) is 0 Å². The van der Waals surface area contributed by atoms with Gasteiger partial charge in [0.1, 0.15) is 0 Å². The molecule has 110 valence electrons. The van der Waals surface area contributed by atoms with Crippen LogP contribution in [0.2, 0.25) is 0 Å². The van der Waals surface area contributed by atoms with Crippen LogP contribution in [-0.2, 0) is 11.0 Å². The number of anilines is 1. The summed E-state index contributed by atoms with van der Waals surface area (Å²) in [6.45, 7) is 1.32. The van der Waals surface area contributed by atoms with Crippen LogP contribution in [0.3, 0.4) is 0 Å². The van der Waals surface area contributed by atoms with E-state index in [1.165, 1.54) is 19.1 Å². The average Bonchev–Trinajstić information content (AvgIpc) is 2.76. The Kier molecular flexibility index (Phi) is 4.04. The Bertz CT molecular complexity index is 514. The minimum absolute atomic E-state index is 0.0131. The van der Waals surface area contributed by atoms with E-state index < -0.39 is 29.7 Å². The number of aliphatic hydroxyl groups is 1. The second-order valence-electron chi connectivity index (χ2n) is 5.07. The van der Waals surface area contributed by atoms with Crippen molar-refractivity contribution < 1.29 is 23.1 Å². The first-order valence-electron chi connectivity index (χ1n) is 6.46. The van der Waals surface area contributed by atoms with E-state index in [-0.39, 0.29) is 11.3 Å². The summed E-state index contributed by atoms with van der Waals surface area (Å²) in [5.74, 6) is -0.957. The molecule has 0 saturated heterocycles. The fourth-order valence-electron chi connectivity index (χ4n) is 2.55. The molecule has 0 aromatic heterocycles. The highest BCUT2D eigenvalue weighted by atomic mass is 19.4. The lowest BCUT2D eigenvalue weighted by Crippen LogP contribution is -2.29. The number of hydrogen-bond donors (Lipinski definition) is 2. The predicted molar refractivity (Wildman–Crippen MR) is 68.2 cm³/mol. The number of nitrogens with one attached hydrogen (secondary N) is 1. The van der Waals surface area contributed by atoms with E-state index in [0.717, 1.165) is 12.5 Å². The molecule has 0 bridgehead atoms. The van der Waals surface area contributed by atoms with Crippen LogP contribution in [0.25, 0.3) is 0 Å². The Morgan fingerprint density at radius 2 is 2.05 bits per heavy atom. The number of hydrogen-bond acceptors (Lipinski definition) is 2. The van der Waals surface area contributed by atoms with Crippen LogP contribution in [0.4, 0.5) is 18.9 Å². The van der Waals surface area contributed by atoms with Gasteiger partial charge in [-0.25, -0.2) is 0 Å². The van der Waals surface area contributed by atoms with Gasteiger partial charge in [-0.05, 0) is 43.9 Å². The Labute approximate surface area is 114 Å². The fourth-order valence-corrected chi connectivity index (χ4v) is 2.55. The number of carbonyl (C=O) groups is 1. The molecule has 3 nitrogen and oxygen atoms in total. The summed E-state index contributed by atoms with van der Waals surface area (Å²) in [6.07, 6.45) is -3.29. The molecule has 6 heteroatoms. The summed E-state index contributed by atoms with van der Waals surface area (Å²) in [4.78, 5) is 12.0. The van der Waals surface area contributed by atoms with Gasteiger partial charge in [-0.15, -0.1) is 0 Å². The molecule has 0 radical (unpaired) electrons. The molecule has 20 heavy (non-hydrogen) atoms. The van der Waals surface area contributed by atoms with Crippen molar-refractivity contribution in [2.45, 2.75) is 38.5 Å². The van der Waals surface area contributed by atoms with Crippen molar-refractivity contribution in [1.82, 2.24) is 0 Å². The van der Waals surface area contributed by atoms with Crippen LogP contribution in [-0.4, -0.2) is 17.1 Å². The van der Waals surface area contributed by atoms with Gasteiger partial charge in [0, 0.05) is 5.69 Å². The van der Waals surface area contributed by atoms with E-state index in [0.29, 0.717) is 12.8 Å². The third kappa shape index (κ3) is 2.95. The largest absolute Gasteiger partial charge is 0.416 e. The van der Waals surface area contributed by atoms with Gasteiger partial charge in [-0.3, -0.25) is 4.79 Å². The van der Waals surface area contributed by atoms with Crippen molar-refractivity contribution >= 4 is 11.6 Å². The third-order valence-corrected chi connectivity index (χ3v) is 3.71. The number of amides is 1. The molecule has 0 heterocycles. The fraction of sp³-hybridized carbons (Fsp3) is 0.500.